The number of likely N-dealkylation sites (N-methyl/N-ethyl adjacent to an activating group) is 1. The normalized spacial score (nSPS) is 30.8. The summed E-state index contributed by atoms with van der Waals surface area (Å²) in [7, 11) is 0. The van der Waals surface area contributed by atoms with E-state index in [4.69, 9.17) is 4.74 Å². The van der Waals surface area contributed by atoms with E-state index < -0.39 is 0 Å². The molecule has 51 heavy (non-hydrogen) atoms. The SMILES string of the molecule is CCN(CCN(CC(=O)O[C@H]1CC[C@@]2(C)C(=CC[C@H]3[C@@H]4CC[C@H]([C@H](C)CCCC(C)C)[C@@]4(C)CC[C@@H]32)C1)Cc1ccccc1)Cc1ccccc1. The summed E-state index contributed by atoms with van der Waals surface area (Å²) in [5.74, 6) is 5.03. The largest absolute Gasteiger partial charge is 0.461 e. The van der Waals surface area contributed by atoms with Crippen molar-refractivity contribution in [2.24, 2.45) is 46.3 Å². The van der Waals surface area contributed by atoms with E-state index in [1.165, 1.54) is 62.5 Å². The van der Waals surface area contributed by atoms with Gasteiger partial charge < -0.3 is 4.74 Å². The topological polar surface area (TPSA) is 32.8 Å². The summed E-state index contributed by atoms with van der Waals surface area (Å²) in [5, 5.41) is 0. The summed E-state index contributed by atoms with van der Waals surface area (Å²) >= 11 is 0. The Hall–Kier alpha value is -2.43. The Morgan fingerprint density at radius 2 is 1.49 bits per heavy atom. The summed E-state index contributed by atoms with van der Waals surface area (Å²) in [6.45, 7) is 19.6. The van der Waals surface area contributed by atoms with Gasteiger partial charge in [0.05, 0.1) is 6.54 Å². The molecule has 0 unspecified atom stereocenters. The molecule has 0 radical (unpaired) electrons. The molecule has 2 aromatic carbocycles. The van der Waals surface area contributed by atoms with Gasteiger partial charge in [-0.2, -0.15) is 0 Å². The van der Waals surface area contributed by atoms with Crippen molar-refractivity contribution in [2.45, 2.75) is 131 Å². The standard InChI is InChI=1S/C47H70N2O2/c1-7-48(32-37-17-10-8-11-18-37)29-30-49(33-38-19-12-9-13-20-38)34-45(50)51-40-25-27-46(5)39(31-40)21-22-41-43-24-23-42(36(4)16-14-15-35(2)3)47(43,6)28-26-44(41)46/h8-13,17-21,35-36,40-44H,7,14-16,22-34H2,1-6H3/t36-,40+,41+,42-,43+,44+,46+,47-/m1/s1. The van der Waals surface area contributed by atoms with Gasteiger partial charge in [0.25, 0.3) is 0 Å². The molecule has 6 rings (SSSR count). The maximum Gasteiger partial charge on any atom is 0.320 e. The van der Waals surface area contributed by atoms with Crippen molar-refractivity contribution in [3.63, 3.8) is 0 Å². The molecule has 0 amide bonds. The summed E-state index contributed by atoms with van der Waals surface area (Å²) in [6, 6.07) is 21.3. The third-order valence-corrected chi connectivity index (χ3v) is 14.6. The van der Waals surface area contributed by atoms with Crippen molar-refractivity contribution in [3.8, 4) is 0 Å². The van der Waals surface area contributed by atoms with Gasteiger partial charge in [0.1, 0.15) is 6.10 Å². The maximum absolute atomic E-state index is 13.6. The van der Waals surface area contributed by atoms with Crippen LogP contribution in [0.4, 0.5) is 0 Å². The molecule has 4 nitrogen and oxygen atoms in total. The number of carbonyl (C=O) groups is 1. The predicted molar refractivity (Wildman–Crippen MR) is 212 cm³/mol. The Morgan fingerprint density at radius 3 is 2.16 bits per heavy atom. The third-order valence-electron chi connectivity index (χ3n) is 14.6. The van der Waals surface area contributed by atoms with Crippen LogP contribution in [0.3, 0.4) is 0 Å². The van der Waals surface area contributed by atoms with Crippen LogP contribution >= 0.6 is 0 Å². The van der Waals surface area contributed by atoms with Crippen molar-refractivity contribution in [3.05, 3.63) is 83.4 Å². The number of benzene rings is 2. The number of esters is 1. The zero-order chi connectivity index (χ0) is 36.0. The summed E-state index contributed by atoms with van der Waals surface area (Å²) in [4.78, 5) is 18.4. The lowest BCUT2D eigenvalue weighted by atomic mass is 9.47. The number of hydrogen-bond acceptors (Lipinski definition) is 4. The maximum atomic E-state index is 13.6. The molecule has 0 aliphatic heterocycles. The highest BCUT2D eigenvalue weighted by Gasteiger charge is 2.59. The smallest absolute Gasteiger partial charge is 0.320 e. The summed E-state index contributed by atoms with van der Waals surface area (Å²) in [5.41, 5.74) is 4.97. The summed E-state index contributed by atoms with van der Waals surface area (Å²) in [6.07, 6.45) is 16.9. The lowest BCUT2D eigenvalue weighted by Crippen LogP contribution is -2.51. The first-order valence-corrected chi connectivity index (χ1v) is 21.0. The lowest BCUT2D eigenvalue weighted by molar-refractivity contribution is -0.153. The second kappa shape index (κ2) is 17.1. The Balaban J connectivity index is 1.05. The molecule has 0 bridgehead atoms. The Morgan fingerprint density at radius 1 is 0.824 bits per heavy atom. The fourth-order valence-electron chi connectivity index (χ4n) is 11.7. The number of fused-ring (bicyclic) bond motifs is 5. The molecular weight excluding hydrogens is 625 g/mol. The second-order valence-corrected chi connectivity index (χ2v) is 18.2. The quantitative estimate of drug-likeness (QED) is 0.129. The summed E-state index contributed by atoms with van der Waals surface area (Å²) < 4.78 is 6.36. The third kappa shape index (κ3) is 9.03. The van der Waals surface area contributed by atoms with Crippen molar-refractivity contribution in [1.82, 2.24) is 9.80 Å². The monoisotopic (exact) mass is 695 g/mol. The van der Waals surface area contributed by atoms with E-state index in [2.05, 4.69) is 118 Å². The highest BCUT2D eigenvalue weighted by molar-refractivity contribution is 5.72. The Bertz CT molecular complexity index is 1420. The van der Waals surface area contributed by atoms with E-state index in [1.807, 2.05) is 0 Å². The first-order valence-electron chi connectivity index (χ1n) is 21.0. The molecule has 3 fully saturated rings. The Labute approximate surface area is 311 Å². The van der Waals surface area contributed by atoms with E-state index >= 15 is 0 Å². The fourth-order valence-corrected chi connectivity index (χ4v) is 11.7. The molecule has 0 N–H and O–H groups in total. The Kier molecular flexibility index (Phi) is 12.9. The van der Waals surface area contributed by atoms with Gasteiger partial charge in [-0.05, 0) is 109 Å². The fraction of sp³-hybridized carbons (Fsp3) is 0.681. The molecule has 4 aliphatic carbocycles. The van der Waals surface area contributed by atoms with E-state index in [0.29, 0.717) is 12.0 Å². The van der Waals surface area contributed by atoms with Crippen LogP contribution in [-0.2, 0) is 22.6 Å². The van der Waals surface area contributed by atoms with Gasteiger partial charge in [-0.1, -0.05) is 133 Å². The van der Waals surface area contributed by atoms with Crippen LogP contribution < -0.4 is 0 Å². The van der Waals surface area contributed by atoms with E-state index in [0.717, 1.165) is 87.5 Å². The van der Waals surface area contributed by atoms with E-state index in [1.54, 1.807) is 5.57 Å². The van der Waals surface area contributed by atoms with Gasteiger partial charge in [0.15, 0.2) is 0 Å². The molecule has 8 atom stereocenters. The van der Waals surface area contributed by atoms with Crippen LogP contribution in [0.5, 0.6) is 0 Å². The van der Waals surface area contributed by atoms with Gasteiger partial charge >= 0.3 is 5.97 Å². The van der Waals surface area contributed by atoms with Gasteiger partial charge in [-0.15, -0.1) is 0 Å². The minimum Gasteiger partial charge on any atom is -0.461 e. The number of ether oxygens (including phenoxy) is 1. The molecule has 280 valence electrons. The average Bonchev–Trinajstić information content (AvgIpc) is 3.48. The number of allylic oxidation sites excluding steroid dienone is 1. The minimum atomic E-state index is -0.0622. The molecule has 0 spiro atoms. The van der Waals surface area contributed by atoms with Crippen LogP contribution in [0.1, 0.15) is 123 Å². The predicted octanol–water partition coefficient (Wildman–Crippen LogP) is 11.0. The van der Waals surface area contributed by atoms with Crippen LogP contribution in [0, 0.1) is 46.3 Å². The first kappa shape index (κ1) is 38.3. The minimum absolute atomic E-state index is 0.00794. The van der Waals surface area contributed by atoms with Crippen LogP contribution in [0.25, 0.3) is 0 Å². The zero-order valence-electron chi connectivity index (χ0n) is 33.1. The van der Waals surface area contributed by atoms with Crippen molar-refractivity contribution in [1.29, 1.82) is 0 Å². The molecule has 0 aromatic heterocycles. The van der Waals surface area contributed by atoms with Crippen LogP contribution in [0.15, 0.2) is 72.3 Å². The molecule has 3 saturated carbocycles. The molecule has 4 heteroatoms. The highest BCUT2D eigenvalue weighted by atomic mass is 16.5. The molecule has 4 aliphatic rings. The van der Waals surface area contributed by atoms with Gasteiger partial charge in [0, 0.05) is 32.6 Å². The number of nitrogens with zero attached hydrogens (tertiary/aromatic N) is 2. The number of hydrogen-bond donors (Lipinski definition) is 0. The molecule has 0 heterocycles. The second-order valence-electron chi connectivity index (χ2n) is 18.2. The van der Waals surface area contributed by atoms with Gasteiger partial charge in [-0.25, -0.2) is 0 Å². The molecule has 2 aromatic rings. The zero-order valence-corrected chi connectivity index (χ0v) is 33.1. The number of carbonyl (C=O) groups excluding carboxylic acids is 1. The first-order chi connectivity index (χ1) is 24.6. The van der Waals surface area contributed by atoms with Gasteiger partial charge in [-0.3, -0.25) is 14.6 Å². The van der Waals surface area contributed by atoms with Crippen LogP contribution in [-0.4, -0.2) is 48.1 Å². The number of rotatable bonds is 16. The molecule has 0 saturated heterocycles. The highest BCUT2D eigenvalue weighted by Crippen LogP contribution is 2.67. The molecular formula is C47H70N2O2. The van der Waals surface area contributed by atoms with Crippen LogP contribution in [0.2, 0.25) is 0 Å². The van der Waals surface area contributed by atoms with Crippen molar-refractivity contribution in [2.75, 3.05) is 26.2 Å². The average molecular weight is 695 g/mol. The van der Waals surface area contributed by atoms with Crippen molar-refractivity contribution < 1.29 is 9.53 Å². The lowest BCUT2D eigenvalue weighted by Gasteiger charge is -2.58. The van der Waals surface area contributed by atoms with Gasteiger partial charge in [0.2, 0.25) is 0 Å². The van der Waals surface area contributed by atoms with E-state index in [9.17, 15) is 4.79 Å². The van der Waals surface area contributed by atoms with E-state index in [-0.39, 0.29) is 17.5 Å². The van der Waals surface area contributed by atoms with Crippen molar-refractivity contribution >= 4 is 5.97 Å².